The third kappa shape index (κ3) is 4.52. The van der Waals surface area contributed by atoms with Gasteiger partial charge in [-0.15, -0.1) is 0 Å². The van der Waals surface area contributed by atoms with Gasteiger partial charge in [-0.1, -0.05) is 13.8 Å². The van der Waals surface area contributed by atoms with Gasteiger partial charge in [-0.25, -0.2) is 0 Å². The molecular formula is C9H19NO2S. The molecule has 0 amide bonds. The molecule has 78 valence electrons. The molecule has 0 bridgehead atoms. The predicted octanol–water partition coefficient (Wildman–Crippen LogP) is 1.57. The maximum Gasteiger partial charge on any atom is 0.321 e. The fourth-order valence-electron chi connectivity index (χ4n) is 0.769. The number of thioether (sulfide) groups is 1. The summed E-state index contributed by atoms with van der Waals surface area (Å²) in [5.74, 6) is 0.570. The minimum atomic E-state index is -0.929. The molecule has 0 aliphatic heterocycles. The molecule has 0 rings (SSSR count). The fraction of sp³-hybridized carbons (Fsp3) is 0.889. The molecule has 0 aromatic rings. The lowest BCUT2D eigenvalue weighted by molar-refractivity contribution is -0.139. The van der Waals surface area contributed by atoms with Crippen LogP contribution in [0.3, 0.4) is 0 Å². The van der Waals surface area contributed by atoms with Crippen molar-refractivity contribution in [2.24, 2.45) is 11.7 Å². The molecule has 0 aliphatic rings. The summed E-state index contributed by atoms with van der Waals surface area (Å²) in [5, 5.41) is 8.74. The van der Waals surface area contributed by atoms with Crippen LogP contribution >= 0.6 is 11.8 Å². The normalized spacial score (nSPS) is 14.6. The van der Waals surface area contributed by atoms with Crippen molar-refractivity contribution >= 4 is 17.7 Å². The summed E-state index contributed by atoms with van der Waals surface area (Å²) in [6.45, 7) is 7.96. The third-order valence-corrected chi connectivity index (χ3v) is 3.63. The predicted molar refractivity (Wildman–Crippen MR) is 57.0 cm³/mol. The Morgan fingerprint density at radius 1 is 1.54 bits per heavy atom. The molecule has 0 saturated carbocycles. The molecule has 0 saturated heterocycles. The van der Waals surface area contributed by atoms with Crippen molar-refractivity contribution in [2.45, 2.75) is 38.5 Å². The van der Waals surface area contributed by atoms with Gasteiger partial charge < -0.3 is 10.8 Å². The minimum Gasteiger partial charge on any atom is -0.480 e. The van der Waals surface area contributed by atoms with Gasteiger partial charge in [0.2, 0.25) is 0 Å². The van der Waals surface area contributed by atoms with Crippen LogP contribution in [-0.4, -0.2) is 27.6 Å². The Labute approximate surface area is 84.1 Å². The Morgan fingerprint density at radius 2 is 2.00 bits per heavy atom. The summed E-state index contributed by atoms with van der Waals surface area (Å²) in [7, 11) is 0. The van der Waals surface area contributed by atoms with Crippen molar-refractivity contribution in [1.29, 1.82) is 0 Å². The molecule has 0 radical (unpaired) electrons. The molecule has 3 N–H and O–H groups in total. The van der Waals surface area contributed by atoms with Crippen molar-refractivity contribution in [1.82, 2.24) is 0 Å². The van der Waals surface area contributed by atoms with Crippen LogP contribution in [0.1, 0.15) is 27.7 Å². The van der Waals surface area contributed by atoms with E-state index < -0.39 is 16.8 Å². The minimum absolute atomic E-state index is 0.393. The monoisotopic (exact) mass is 205 g/mol. The van der Waals surface area contributed by atoms with Gasteiger partial charge >= 0.3 is 5.97 Å². The number of aliphatic carboxylic acids is 1. The third-order valence-electron chi connectivity index (χ3n) is 1.80. The second-order valence-electron chi connectivity index (χ2n) is 4.12. The highest BCUT2D eigenvalue weighted by Crippen LogP contribution is 2.28. The number of carbonyl (C=O) groups is 1. The van der Waals surface area contributed by atoms with Crippen molar-refractivity contribution < 1.29 is 9.90 Å². The van der Waals surface area contributed by atoms with E-state index in [9.17, 15) is 4.79 Å². The van der Waals surface area contributed by atoms with Crippen molar-refractivity contribution in [2.75, 3.05) is 5.75 Å². The first-order valence-corrected chi connectivity index (χ1v) is 5.38. The van der Waals surface area contributed by atoms with Gasteiger partial charge in [0.05, 0.1) is 0 Å². The zero-order chi connectivity index (χ0) is 10.6. The molecule has 0 aromatic heterocycles. The molecule has 3 nitrogen and oxygen atoms in total. The molecule has 1 atom stereocenters. The molecule has 0 heterocycles. The second kappa shape index (κ2) is 4.86. The van der Waals surface area contributed by atoms with E-state index in [1.165, 1.54) is 0 Å². The average molecular weight is 205 g/mol. The van der Waals surface area contributed by atoms with E-state index >= 15 is 0 Å². The second-order valence-corrected chi connectivity index (χ2v) is 5.80. The number of rotatable bonds is 5. The molecule has 0 aliphatic carbocycles. The van der Waals surface area contributed by atoms with Gasteiger partial charge in [0.25, 0.3) is 0 Å². The zero-order valence-corrected chi connectivity index (χ0v) is 9.52. The molecule has 0 fully saturated rings. The van der Waals surface area contributed by atoms with Crippen LogP contribution in [0.4, 0.5) is 0 Å². The van der Waals surface area contributed by atoms with Gasteiger partial charge in [-0.3, -0.25) is 4.79 Å². The largest absolute Gasteiger partial charge is 0.480 e. The van der Waals surface area contributed by atoms with E-state index in [4.69, 9.17) is 10.8 Å². The van der Waals surface area contributed by atoms with Crippen LogP contribution in [0.5, 0.6) is 0 Å². The van der Waals surface area contributed by atoms with Gasteiger partial charge in [0.15, 0.2) is 0 Å². The van der Waals surface area contributed by atoms with Gasteiger partial charge in [0, 0.05) is 4.75 Å². The van der Waals surface area contributed by atoms with E-state index in [2.05, 4.69) is 13.8 Å². The van der Waals surface area contributed by atoms with Crippen LogP contribution in [0, 0.1) is 5.92 Å². The highest BCUT2D eigenvalue weighted by atomic mass is 32.2. The zero-order valence-electron chi connectivity index (χ0n) is 8.70. The first-order chi connectivity index (χ1) is 5.77. The molecule has 1 unspecified atom stereocenters. The number of nitrogens with two attached hydrogens (primary N) is 1. The molecule has 0 spiro atoms. The molecule has 13 heavy (non-hydrogen) atoms. The molecule has 0 aromatic carbocycles. The average Bonchev–Trinajstić information content (AvgIpc) is 1.99. The van der Waals surface area contributed by atoms with Crippen molar-refractivity contribution in [3.8, 4) is 0 Å². The lowest BCUT2D eigenvalue weighted by Crippen LogP contribution is -2.47. The Hall–Kier alpha value is -0.220. The van der Waals surface area contributed by atoms with Crippen LogP contribution in [-0.2, 0) is 4.79 Å². The maximum absolute atomic E-state index is 10.7. The Kier molecular flexibility index (Phi) is 4.78. The van der Waals surface area contributed by atoms with Crippen LogP contribution in [0.2, 0.25) is 0 Å². The topological polar surface area (TPSA) is 63.3 Å². The standard InChI is InChI=1S/C9H19NO2S/c1-6(2)5-13-9(3,4)7(10)8(11)12/h6-7H,5,10H2,1-4H3,(H,11,12). The Balaban J connectivity index is 4.13. The Bertz CT molecular complexity index is 180. The van der Waals surface area contributed by atoms with Gasteiger partial charge in [-0.05, 0) is 25.5 Å². The smallest absolute Gasteiger partial charge is 0.321 e. The Morgan fingerprint density at radius 3 is 2.31 bits per heavy atom. The number of hydrogen-bond donors (Lipinski definition) is 2. The SMILES string of the molecule is CC(C)CSC(C)(C)C(N)C(=O)O. The molecular weight excluding hydrogens is 186 g/mol. The van der Waals surface area contributed by atoms with E-state index in [1.54, 1.807) is 11.8 Å². The summed E-state index contributed by atoms with van der Waals surface area (Å²) in [4.78, 5) is 10.7. The van der Waals surface area contributed by atoms with E-state index in [0.29, 0.717) is 5.92 Å². The summed E-state index contributed by atoms with van der Waals surface area (Å²) in [5.41, 5.74) is 5.56. The molecule has 4 heteroatoms. The first kappa shape index (κ1) is 12.8. The highest BCUT2D eigenvalue weighted by Gasteiger charge is 2.32. The van der Waals surface area contributed by atoms with E-state index in [-0.39, 0.29) is 0 Å². The van der Waals surface area contributed by atoms with E-state index in [0.717, 1.165) is 5.75 Å². The van der Waals surface area contributed by atoms with Crippen molar-refractivity contribution in [3.05, 3.63) is 0 Å². The maximum atomic E-state index is 10.7. The quantitative estimate of drug-likeness (QED) is 0.715. The lowest BCUT2D eigenvalue weighted by atomic mass is 10.1. The number of hydrogen-bond acceptors (Lipinski definition) is 3. The highest BCUT2D eigenvalue weighted by molar-refractivity contribution is 8.00. The number of carboxylic acid groups (broad SMARTS) is 1. The van der Waals surface area contributed by atoms with E-state index in [1.807, 2.05) is 13.8 Å². The number of carboxylic acids is 1. The lowest BCUT2D eigenvalue weighted by Gasteiger charge is -2.28. The summed E-state index contributed by atoms with van der Waals surface area (Å²) < 4.78 is -0.393. The van der Waals surface area contributed by atoms with Crippen molar-refractivity contribution in [3.63, 3.8) is 0 Å². The summed E-state index contributed by atoms with van der Waals surface area (Å²) in [6.07, 6.45) is 0. The van der Waals surface area contributed by atoms with Crippen LogP contribution in [0.25, 0.3) is 0 Å². The summed E-state index contributed by atoms with van der Waals surface area (Å²) >= 11 is 1.62. The van der Waals surface area contributed by atoms with Crippen LogP contribution < -0.4 is 5.73 Å². The van der Waals surface area contributed by atoms with Gasteiger partial charge in [-0.2, -0.15) is 11.8 Å². The van der Waals surface area contributed by atoms with Gasteiger partial charge in [0.1, 0.15) is 6.04 Å². The first-order valence-electron chi connectivity index (χ1n) is 4.39. The summed E-state index contributed by atoms with van der Waals surface area (Å²) in [6, 6.07) is -0.795. The van der Waals surface area contributed by atoms with Crippen LogP contribution in [0.15, 0.2) is 0 Å². The fourth-order valence-corrected chi connectivity index (χ4v) is 1.81.